The second kappa shape index (κ2) is 13.2. The van der Waals surface area contributed by atoms with E-state index in [1.807, 2.05) is 6.08 Å². The van der Waals surface area contributed by atoms with E-state index in [1.54, 1.807) is 0 Å². The first kappa shape index (κ1) is 14.2. The van der Waals surface area contributed by atoms with Crippen molar-refractivity contribution in [2.75, 3.05) is 0 Å². The van der Waals surface area contributed by atoms with Gasteiger partial charge in [-0.2, -0.15) is 0 Å². The minimum atomic E-state index is 1.17. The largest absolute Gasteiger partial charge is 0.103 e. The fourth-order valence-corrected chi connectivity index (χ4v) is 1.40. The molecule has 0 spiro atoms. The molecular weight excluding hydrogens is 180 g/mol. The first-order chi connectivity index (χ1) is 7.41. The predicted octanol–water partition coefficient (Wildman–Crippen LogP) is 5.43. The maximum absolute atomic E-state index is 3.72. The lowest BCUT2D eigenvalue weighted by Gasteiger charge is -1.93. The van der Waals surface area contributed by atoms with Gasteiger partial charge in [0.2, 0.25) is 0 Å². The Hall–Kier alpha value is -0.780. The van der Waals surface area contributed by atoms with Crippen LogP contribution in [0.1, 0.15) is 58.3 Å². The van der Waals surface area contributed by atoms with E-state index in [0.717, 1.165) is 0 Å². The second-order valence-corrected chi connectivity index (χ2v) is 3.93. The van der Waals surface area contributed by atoms with Gasteiger partial charge in [0.25, 0.3) is 0 Å². The van der Waals surface area contributed by atoms with Gasteiger partial charge in [-0.05, 0) is 32.1 Å². The quantitative estimate of drug-likeness (QED) is 0.254. The number of rotatable bonds is 10. The Bertz CT molecular complexity index is 174. The summed E-state index contributed by atoms with van der Waals surface area (Å²) in [5, 5.41) is 0. The number of hydrogen-bond donors (Lipinski definition) is 0. The summed E-state index contributed by atoms with van der Waals surface area (Å²) in [6, 6.07) is 0. The fourth-order valence-electron chi connectivity index (χ4n) is 1.40. The van der Waals surface area contributed by atoms with Gasteiger partial charge in [-0.25, -0.2) is 0 Å². The van der Waals surface area contributed by atoms with Crippen molar-refractivity contribution < 1.29 is 0 Å². The number of allylic oxidation sites excluding steroid dienone is 5. The second-order valence-electron chi connectivity index (χ2n) is 3.93. The third-order valence-corrected chi connectivity index (χ3v) is 2.39. The third-order valence-electron chi connectivity index (χ3n) is 2.39. The molecule has 0 rings (SSSR count). The van der Waals surface area contributed by atoms with Crippen molar-refractivity contribution in [1.29, 1.82) is 0 Å². The van der Waals surface area contributed by atoms with Crippen LogP contribution in [0, 0.1) is 0 Å². The van der Waals surface area contributed by atoms with Crippen LogP contribution in [0.25, 0.3) is 0 Å². The van der Waals surface area contributed by atoms with E-state index in [9.17, 15) is 0 Å². The van der Waals surface area contributed by atoms with Crippen molar-refractivity contribution in [2.24, 2.45) is 0 Å². The van der Waals surface area contributed by atoms with Crippen molar-refractivity contribution in [3.63, 3.8) is 0 Å². The Kier molecular flexibility index (Phi) is 12.5. The normalized spacial score (nSPS) is 11.5. The zero-order valence-corrected chi connectivity index (χ0v) is 10.3. The monoisotopic (exact) mass is 206 g/mol. The van der Waals surface area contributed by atoms with Gasteiger partial charge in [0.1, 0.15) is 0 Å². The van der Waals surface area contributed by atoms with Crippen molar-refractivity contribution in [2.45, 2.75) is 58.3 Å². The van der Waals surface area contributed by atoms with E-state index >= 15 is 0 Å². The molecule has 0 aliphatic heterocycles. The van der Waals surface area contributed by atoms with Gasteiger partial charge in [0.15, 0.2) is 0 Å². The van der Waals surface area contributed by atoms with Crippen LogP contribution in [0.4, 0.5) is 0 Å². The Morgan fingerprint density at radius 2 is 1.40 bits per heavy atom. The maximum atomic E-state index is 3.72. The maximum Gasteiger partial charge on any atom is -0.0348 e. The lowest BCUT2D eigenvalue weighted by atomic mass is 10.1. The van der Waals surface area contributed by atoms with Crippen molar-refractivity contribution in [3.8, 4) is 0 Å². The molecule has 0 saturated carbocycles. The van der Waals surface area contributed by atoms with Gasteiger partial charge in [-0.3, -0.25) is 0 Å². The van der Waals surface area contributed by atoms with Gasteiger partial charge in [-0.15, -0.1) is 6.58 Å². The van der Waals surface area contributed by atoms with E-state index in [4.69, 9.17) is 0 Å². The number of unbranched alkanes of at least 4 members (excludes halogenated alkanes) is 6. The zero-order valence-electron chi connectivity index (χ0n) is 10.3. The predicted molar refractivity (Wildman–Crippen MR) is 71.1 cm³/mol. The van der Waals surface area contributed by atoms with E-state index < -0.39 is 0 Å². The molecule has 0 aliphatic carbocycles. The van der Waals surface area contributed by atoms with Gasteiger partial charge < -0.3 is 0 Å². The Morgan fingerprint density at radius 1 is 0.800 bits per heavy atom. The average Bonchev–Trinajstić information content (AvgIpc) is 2.26. The minimum absolute atomic E-state index is 1.17. The summed E-state index contributed by atoms with van der Waals surface area (Å²) < 4.78 is 0. The summed E-state index contributed by atoms with van der Waals surface area (Å²) in [5.41, 5.74) is 0. The lowest BCUT2D eigenvalue weighted by molar-refractivity contribution is 0.696. The molecule has 0 atom stereocenters. The standard InChI is InChI=1S/C15H26/c1-3-5-7-9-11-13-15-14-12-10-8-6-4-2/h3,10,12,14-15H,1,4-9,11,13H2,2H3. The highest BCUT2D eigenvalue weighted by Gasteiger charge is 1.84. The van der Waals surface area contributed by atoms with E-state index in [0.29, 0.717) is 0 Å². The Morgan fingerprint density at radius 3 is 2.00 bits per heavy atom. The SMILES string of the molecule is C=CCCCCCC=CC=CCCCC. The zero-order chi connectivity index (χ0) is 11.2. The average molecular weight is 206 g/mol. The van der Waals surface area contributed by atoms with Crippen LogP contribution in [0.5, 0.6) is 0 Å². The molecule has 0 aliphatic rings. The van der Waals surface area contributed by atoms with Gasteiger partial charge in [0.05, 0.1) is 0 Å². The van der Waals surface area contributed by atoms with Gasteiger partial charge >= 0.3 is 0 Å². The molecule has 0 nitrogen and oxygen atoms in total. The molecule has 0 fully saturated rings. The summed E-state index contributed by atoms with van der Waals surface area (Å²) in [5.74, 6) is 0. The lowest BCUT2D eigenvalue weighted by Crippen LogP contribution is -1.73. The summed E-state index contributed by atoms with van der Waals surface area (Å²) in [4.78, 5) is 0. The van der Waals surface area contributed by atoms with Crippen molar-refractivity contribution in [1.82, 2.24) is 0 Å². The first-order valence-corrected chi connectivity index (χ1v) is 6.34. The molecule has 0 aromatic rings. The summed E-state index contributed by atoms with van der Waals surface area (Å²) in [6.07, 6.45) is 21.1. The molecule has 0 aromatic heterocycles. The molecule has 0 heteroatoms. The smallest absolute Gasteiger partial charge is 0.0348 e. The molecule has 0 bridgehead atoms. The van der Waals surface area contributed by atoms with E-state index in [2.05, 4.69) is 37.8 Å². The molecule has 0 saturated heterocycles. The summed E-state index contributed by atoms with van der Waals surface area (Å²) >= 11 is 0. The molecule has 15 heavy (non-hydrogen) atoms. The van der Waals surface area contributed by atoms with Crippen LogP contribution in [-0.4, -0.2) is 0 Å². The molecule has 0 amide bonds. The first-order valence-electron chi connectivity index (χ1n) is 6.34. The minimum Gasteiger partial charge on any atom is -0.103 e. The highest BCUT2D eigenvalue weighted by atomic mass is 13.9. The molecule has 0 heterocycles. The van der Waals surface area contributed by atoms with Gasteiger partial charge in [0, 0.05) is 0 Å². The van der Waals surface area contributed by atoms with E-state index in [1.165, 1.54) is 51.4 Å². The van der Waals surface area contributed by atoms with Crippen LogP contribution >= 0.6 is 0 Å². The van der Waals surface area contributed by atoms with Crippen LogP contribution in [0.3, 0.4) is 0 Å². The highest BCUT2D eigenvalue weighted by Crippen LogP contribution is 2.04. The van der Waals surface area contributed by atoms with Crippen LogP contribution in [0.15, 0.2) is 37.0 Å². The van der Waals surface area contributed by atoms with Crippen molar-refractivity contribution in [3.05, 3.63) is 37.0 Å². The molecular formula is C15H26. The molecule has 0 radical (unpaired) electrons. The van der Waals surface area contributed by atoms with Crippen LogP contribution in [0.2, 0.25) is 0 Å². The highest BCUT2D eigenvalue weighted by molar-refractivity contribution is 5.02. The Labute approximate surface area is 95.8 Å². The third kappa shape index (κ3) is 13.2. The van der Waals surface area contributed by atoms with Gasteiger partial charge in [-0.1, -0.05) is 56.6 Å². The summed E-state index contributed by atoms with van der Waals surface area (Å²) in [7, 11) is 0. The molecule has 0 N–H and O–H groups in total. The Balaban J connectivity index is 3.16. The van der Waals surface area contributed by atoms with Crippen LogP contribution in [-0.2, 0) is 0 Å². The molecule has 0 unspecified atom stereocenters. The fraction of sp³-hybridized carbons (Fsp3) is 0.600. The molecule has 0 aromatic carbocycles. The summed E-state index contributed by atoms with van der Waals surface area (Å²) in [6.45, 7) is 5.95. The van der Waals surface area contributed by atoms with Crippen LogP contribution < -0.4 is 0 Å². The van der Waals surface area contributed by atoms with E-state index in [-0.39, 0.29) is 0 Å². The topological polar surface area (TPSA) is 0 Å². The number of hydrogen-bond acceptors (Lipinski definition) is 0. The van der Waals surface area contributed by atoms with Crippen molar-refractivity contribution >= 4 is 0 Å². The molecule has 86 valence electrons.